The molecule has 0 saturated carbocycles. The number of fused-ring (bicyclic) bond motifs is 2. The number of carbonyl (C=O) groups excluding carboxylic acids is 2. The van der Waals surface area contributed by atoms with E-state index in [1.165, 1.54) is 0 Å². The number of pyridine rings is 1. The second-order valence-electron chi connectivity index (χ2n) is 6.73. The lowest BCUT2D eigenvalue weighted by molar-refractivity contribution is -0.119. The van der Waals surface area contributed by atoms with Crippen molar-refractivity contribution in [3.63, 3.8) is 0 Å². The van der Waals surface area contributed by atoms with Crippen molar-refractivity contribution in [2.75, 3.05) is 19.0 Å². The van der Waals surface area contributed by atoms with Crippen molar-refractivity contribution in [3.8, 4) is 5.75 Å². The maximum atomic E-state index is 12.5. The Morgan fingerprint density at radius 3 is 2.97 bits per heavy atom. The second-order valence-corrected chi connectivity index (χ2v) is 6.73. The molecular formula is C22H21N3O4. The smallest absolute Gasteiger partial charge is 0.263 e. The van der Waals surface area contributed by atoms with Crippen LogP contribution in [0, 0.1) is 0 Å². The van der Waals surface area contributed by atoms with Gasteiger partial charge in [0, 0.05) is 36.2 Å². The third kappa shape index (κ3) is 3.71. The minimum Gasteiger partial charge on any atom is -0.480 e. The minimum atomic E-state index is -0.240. The Morgan fingerprint density at radius 2 is 2.17 bits per heavy atom. The first-order valence-corrected chi connectivity index (χ1v) is 9.43. The highest BCUT2D eigenvalue weighted by molar-refractivity contribution is 5.99. The monoisotopic (exact) mass is 391 g/mol. The normalized spacial score (nSPS) is 13.6. The molecule has 148 valence electrons. The van der Waals surface area contributed by atoms with E-state index < -0.39 is 0 Å². The summed E-state index contributed by atoms with van der Waals surface area (Å²) in [6.45, 7) is 2.02. The van der Waals surface area contributed by atoms with Crippen molar-refractivity contribution in [3.05, 3.63) is 59.0 Å². The Labute approximate surface area is 167 Å². The molecule has 7 heteroatoms. The van der Waals surface area contributed by atoms with Crippen LogP contribution in [-0.4, -0.2) is 30.5 Å². The van der Waals surface area contributed by atoms with Crippen molar-refractivity contribution >= 4 is 34.7 Å². The first kappa shape index (κ1) is 18.7. The van der Waals surface area contributed by atoms with E-state index in [-0.39, 0.29) is 18.4 Å². The third-order valence-electron chi connectivity index (χ3n) is 4.84. The number of furan rings is 1. The van der Waals surface area contributed by atoms with E-state index in [9.17, 15) is 9.59 Å². The molecule has 0 radical (unpaired) electrons. The number of nitrogens with zero attached hydrogens (tertiary/aromatic N) is 1. The molecule has 1 aliphatic heterocycles. The fourth-order valence-electron chi connectivity index (χ4n) is 3.47. The molecule has 0 bridgehead atoms. The summed E-state index contributed by atoms with van der Waals surface area (Å²) < 4.78 is 11.5. The SMILES string of the molecule is CCc1c(CC(=Cc2cnc3c(c2)OCC(=O)N3)C(=O)NC)oc2ccccc12. The molecule has 0 spiro atoms. The summed E-state index contributed by atoms with van der Waals surface area (Å²) >= 11 is 0. The van der Waals surface area contributed by atoms with Crippen LogP contribution in [0.4, 0.5) is 5.82 Å². The van der Waals surface area contributed by atoms with E-state index in [0.717, 1.165) is 28.7 Å². The van der Waals surface area contributed by atoms with Crippen LogP contribution < -0.4 is 15.4 Å². The van der Waals surface area contributed by atoms with Gasteiger partial charge in [-0.3, -0.25) is 9.59 Å². The number of hydrogen-bond acceptors (Lipinski definition) is 5. The van der Waals surface area contributed by atoms with Crippen LogP contribution in [-0.2, 0) is 22.4 Å². The summed E-state index contributed by atoms with van der Waals surface area (Å²) in [4.78, 5) is 28.2. The quantitative estimate of drug-likeness (QED) is 0.652. The highest BCUT2D eigenvalue weighted by Gasteiger charge is 2.19. The zero-order chi connectivity index (χ0) is 20.4. The number of carbonyl (C=O) groups is 2. The molecule has 2 amide bonds. The fourth-order valence-corrected chi connectivity index (χ4v) is 3.47. The van der Waals surface area contributed by atoms with Crippen LogP contribution in [0.25, 0.3) is 17.0 Å². The Bertz CT molecular complexity index is 1130. The van der Waals surface area contributed by atoms with Gasteiger partial charge in [-0.1, -0.05) is 25.1 Å². The van der Waals surface area contributed by atoms with E-state index in [0.29, 0.717) is 29.1 Å². The van der Waals surface area contributed by atoms with Crippen LogP contribution in [0.15, 0.2) is 46.5 Å². The number of likely N-dealkylation sites (N-methyl/N-ethyl adjacent to an activating group) is 1. The number of ether oxygens (including phenoxy) is 1. The number of aryl methyl sites for hydroxylation is 1. The van der Waals surface area contributed by atoms with Gasteiger partial charge in [-0.25, -0.2) is 4.98 Å². The summed E-state index contributed by atoms with van der Waals surface area (Å²) in [7, 11) is 1.60. The van der Waals surface area contributed by atoms with Gasteiger partial charge in [0.05, 0.1) is 0 Å². The van der Waals surface area contributed by atoms with Gasteiger partial charge >= 0.3 is 0 Å². The number of para-hydroxylation sites is 1. The Morgan fingerprint density at radius 1 is 1.34 bits per heavy atom. The van der Waals surface area contributed by atoms with Gasteiger partial charge in [0.1, 0.15) is 11.3 Å². The molecule has 4 rings (SSSR count). The molecule has 0 atom stereocenters. The summed E-state index contributed by atoms with van der Waals surface area (Å²) in [5, 5.41) is 6.41. The minimum absolute atomic E-state index is 0.0526. The van der Waals surface area contributed by atoms with Gasteiger partial charge in [-0.2, -0.15) is 0 Å². The lowest BCUT2D eigenvalue weighted by atomic mass is 10.0. The summed E-state index contributed by atoms with van der Waals surface area (Å²) in [5.74, 6) is 1.20. The maximum Gasteiger partial charge on any atom is 0.263 e. The van der Waals surface area contributed by atoms with Gasteiger partial charge in [0.2, 0.25) is 5.91 Å². The Balaban J connectivity index is 1.71. The van der Waals surface area contributed by atoms with E-state index >= 15 is 0 Å². The zero-order valence-electron chi connectivity index (χ0n) is 16.2. The molecule has 3 aromatic rings. The first-order valence-electron chi connectivity index (χ1n) is 9.43. The molecule has 2 aromatic heterocycles. The molecule has 2 N–H and O–H groups in total. The molecule has 0 unspecified atom stereocenters. The zero-order valence-corrected chi connectivity index (χ0v) is 16.2. The maximum absolute atomic E-state index is 12.5. The van der Waals surface area contributed by atoms with Gasteiger partial charge in [-0.05, 0) is 30.2 Å². The standard InChI is InChI=1S/C22H21N3O4/c1-3-15-16-6-4-5-7-17(16)29-18(15)10-14(22(27)23-2)8-13-9-19-21(24-11-13)25-20(26)12-28-19/h4-9,11H,3,10,12H2,1-2H3,(H,23,27)(H,24,25,26). The van der Waals surface area contributed by atoms with Crippen LogP contribution >= 0.6 is 0 Å². The molecule has 7 nitrogen and oxygen atoms in total. The average molecular weight is 391 g/mol. The lowest BCUT2D eigenvalue weighted by Gasteiger charge is -2.17. The van der Waals surface area contributed by atoms with Crippen molar-refractivity contribution in [2.45, 2.75) is 19.8 Å². The third-order valence-corrected chi connectivity index (χ3v) is 4.84. The number of amides is 2. The average Bonchev–Trinajstić information content (AvgIpc) is 3.09. The van der Waals surface area contributed by atoms with Gasteiger partial charge in [0.25, 0.3) is 5.91 Å². The Hall–Kier alpha value is -3.61. The van der Waals surface area contributed by atoms with Crippen molar-refractivity contribution in [2.24, 2.45) is 0 Å². The number of rotatable bonds is 5. The highest BCUT2D eigenvalue weighted by atomic mass is 16.5. The van der Waals surface area contributed by atoms with E-state index in [1.807, 2.05) is 24.3 Å². The topological polar surface area (TPSA) is 93.5 Å². The molecule has 0 saturated heterocycles. The molecule has 0 aliphatic carbocycles. The fraction of sp³-hybridized carbons (Fsp3) is 0.227. The van der Waals surface area contributed by atoms with E-state index in [4.69, 9.17) is 9.15 Å². The Kier molecular flexibility index (Phi) is 5.03. The van der Waals surface area contributed by atoms with Crippen LogP contribution in [0.5, 0.6) is 5.75 Å². The molecule has 3 heterocycles. The van der Waals surface area contributed by atoms with E-state index in [2.05, 4.69) is 22.5 Å². The van der Waals surface area contributed by atoms with Crippen LogP contribution in [0.3, 0.4) is 0 Å². The van der Waals surface area contributed by atoms with Gasteiger partial charge in [-0.15, -0.1) is 0 Å². The molecule has 1 aliphatic rings. The molecule has 29 heavy (non-hydrogen) atoms. The second kappa shape index (κ2) is 7.79. The van der Waals surface area contributed by atoms with E-state index in [1.54, 1.807) is 25.4 Å². The van der Waals surface area contributed by atoms with Gasteiger partial charge in [0.15, 0.2) is 18.2 Å². The number of anilines is 1. The predicted octanol–water partition coefficient (Wildman–Crippen LogP) is 3.09. The van der Waals surface area contributed by atoms with Crippen LogP contribution in [0.2, 0.25) is 0 Å². The molecule has 1 aromatic carbocycles. The van der Waals surface area contributed by atoms with Crippen LogP contribution in [0.1, 0.15) is 23.8 Å². The molecular weight excluding hydrogens is 370 g/mol. The van der Waals surface area contributed by atoms with Gasteiger partial charge < -0.3 is 19.8 Å². The summed E-state index contributed by atoms with van der Waals surface area (Å²) in [5.41, 5.74) is 3.16. The number of nitrogens with one attached hydrogen (secondary N) is 2. The number of benzene rings is 1. The number of aromatic nitrogens is 1. The predicted molar refractivity (Wildman–Crippen MR) is 110 cm³/mol. The largest absolute Gasteiger partial charge is 0.480 e. The summed E-state index contributed by atoms with van der Waals surface area (Å²) in [6, 6.07) is 9.63. The number of hydrogen-bond donors (Lipinski definition) is 2. The summed E-state index contributed by atoms with van der Waals surface area (Å²) in [6.07, 6.45) is 4.52. The van der Waals surface area contributed by atoms with Crippen molar-refractivity contribution in [1.29, 1.82) is 0 Å². The first-order chi connectivity index (χ1) is 14.1. The van der Waals surface area contributed by atoms with Crippen molar-refractivity contribution in [1.82, 2.24) is 10.3 Å². The molecule has 0 fully saturated rings. The highest BCUT2D eigenvalue weighted by Crippen LogP contribution is 2.30. The van der Waals surface area contributed by atoms with Crippen molar-refractivity contribution < 1.29 is 18.7 Å². The lowest BCUT2D eigenvalue weighted by Crippen LogP contribution is -2.26.